The lowest BCUT2D eigenvalue weighted by Gasteiger charge is -2.28. The largest absolute Gasteiger partial charge is 0.497 e. The molecule has 5 rings (SSSR count). The summed E-state index contributed by atoms with van der Waals surface area (Å²) in [6.45, 7) is 3.25. The van der Waals surface area contributed by atoms with Crippen molar-refractivity contribution in [2.24, 2.45) is 0 Å². The van der Waals surface area contributed by atoms with Crippen molar-refractivity contribution in [2.75, 3.05) is 52.5 Å². The summed E-state index contributed by atoms with van der Waals surface area (Å²) < 4.78 is 28.1. The zero-order valence-electron chi connectivity index (χ0n) is 20.2. The molecule has 2 heterocycles. The third-order valence-corrected chi connectivity index (χ3v) is 6.29. The number of hydrogen-bond donors (Lipinski definition) is 0. The molecule has 1 fully saturated rings. The smallest absolute Gasteiger partial charge is 0.161 e. The lowest BCUT2D eigenvalue weighted by molar-refractivity contribution is 0.122. The molecule has 1 saturated heterocycles. The SMILES string of the molecule is COc1ccc(-c2oc3ccc(N4CCOCC4)cc3c2/C=C/c2ccc(OC)c(OC)c2)cc1. The second kappa shape index (κ2) is 10.2. The number of fused-ring (bicyclic) bond motifs is 1. The molecule has 1 aliphatic rings. The quantitative estimate of drug-likeness (QED) is 0.323. The van der Waals surface area contributed by atoms with Crippen molar-refractivity contribution in [3.63, 3.8) is 0 Å². The average molecular weight is 472 g/mol. The number of morpholine rings is 1. The number of hydrogen-bond acceptors (Lipinski definition) is 6. The van der Waals surface area contributed by atoms with Gasteiger partial charge in [-0.05, 0) is 66.2 Å². The van der Waals surface area contributed by atoms with Gasteiger partial charge < -0.3 is 28.3 Å². The van der Waals surface area contributed by atoms with Crippen LogP contribution in [-0.2, 0) is 4.74 Å². The minimum atomic E-state index is 0.691. The highest BCUT2D eigenvalue weighted by Crippen LogP contribution is 2.38. The predicted molar refractivity (Wildman–Crippen MR) is 140 cm³/mol. The van der Waals surface area contributed by atoms with Gasteiger partial charge in [0.15, 0.2) is 11.5 Å². The van der Waals surface area contributed by atoms with Crippen LogP contribution in [0.1, 0.15) is 11.1 Å². The highest BCUT2D eigenvalue weighted by Gasteiger charge is 2.18. The van der Waals surface area contributed by atoms with Crippen molar-refractivity contribution < 1.29 is 23.4 Å². The topological polar surface area (TPSA) is 53.3 Å². The molecule has 35 heavy (non-hydrogen) atoms. The number of benzene rings is 3. The first-order chi connectivity index (χ1) is 17.2. The maximum absolute atomic E-state index is 6.39. The van der Waals surface area contributed by atoms with Crippen LogP contribution in [0.3, 0.4) is 0 Å². The number of methoxy groups -OCH3 is 3. The minimum Gasteiger partial charge on any atom is -0.497 e. The fourth-order valence-electron chi connectivity index (χ4n) is 4.38. The van der Waals surface area contributed by atoms with Gasteiger partial charge >= 0.3 is 0 Å². The number of nitrogens with zero attached hydrogens (tertiary/aromatic N) is 1. The van der Waals surface area contributed by atoms with Crippen molar-refractivity contribution >= 4 is 28.8 Å². The van der Waals surface area contributed by atoms with Gasteiger partial charge in [0.2, 0.25) is 0 Å². The van der Waals surface area contributed by atoms with Gasteiger partial charge in [0.05, 0.1) is 34.5 Å². The van der Waals surface area contributed by atoms with Crippen LogP contribution in [-0.4, -0.2) is 47.6 Å². The van der Waals surface area contributed by atoms with Crippen molar-refractivity contribution in [3.05, 3.63) is 71.8 Å². The summed E-state index contributed by atoms with van der Waals surface area (Å²) in [6.07, 6.45) is 4.18. The van der Waals surface area contributed by atoms with Crippen LogP contribution in [0.25, 0.3) is 34.4 Å². The molecule has 6 nitrogen and oxygen atoms in total. The fourth-order valence-corrected chi connectivity index (χ4v) is 4.38. The molecular formula is C29H29NO5. The lowest BCUT2D eigenvalue weighted by Crippen LogP contribution is -2.36. The van der Waals surface area contributed by atoms with E-state index in [4.69, 9.17) is 23.4 Å². The highest BCUT2D eigenvalue weighted by molar-refractivity contribution is 5.98. The summed E-state index contributed by atoms with van der Waals surface area (Å²) in [4.78, 5) is 2.35. The van der Waals surface area contributed by atoms with Crippen LogP contribution in [0.15, 0.2) is 65.1 Å². The monoisotopic (exact) mass is 471 g/mol. The molecule has 1 aliphatic heterocycles. The van der Waals surface area contributed by atoms with E-state index in [0.717, 1.165) is 65.5 Å². The number of anilines is 1. The van der Waals surface area contributed by atoms with Crippen LogP contribution >= 0.6 is 0 Å². The Morgan fingerprint density at radius 2 is 1.54 bits per heavy atom. The van der Waals surface area contributed by atoms with E-state index in [9.17, 15) is 0 Å². The summed E-state index contributed by atoms with van der Waals surface area (Å²) in [5.41, 5.74) is 5.03. The molecule has 1 aromatic heterocycles. The second-order valence-electron chi connectivity index (χ2n) is 8.30. The molecule has 0 radical (unpaired) electrons. The Labute approximate surface area is 205 Å². The number of ether oxygens (including phenoxy) is 4. The first-order valence-electron chi connectivity index (χ1n) is 11.6. The number of furan rings is 1. The van der Waals surface area contributed by atoms with E-state index < -0.39 is 0 Å². The number of rotatable bonds is 7. The first-order valence-corrected chi connectivity index (χ1v) is 11.6. The minimum absolute atomic E-state index is 0.691. The van der Waals surface area contributed by atoms with E-state index in [2.05, 4.69) is 35.3 Å². The molecular weight excluding hydrogens is 442 g/mol. The van der Waals surface area contributed by atoms with Crippen molar-refractivity contribution in [1.82, 2.24) is 0 Å². The molecule has 0 bridgehead atoms. The predicted octanol–water partition coefficient (Wildman–Crippen LogP) is 6.13. The molecule has 0 saturated carbocycles. The molecule has 0 atom stereocenters. The first kappa shape index (κ1) is 22.9. The highest BCUT2D eigenvalue weighted by atomic mass is 16.5. The second-order valence-corrected chi connectivity index (χ2v) is 8.30. The molecule has 0 N–H and O–H groups in total. The van der Waals surface area contributed by atoms with Gasteiger partial charge in [-0.3, -0.25) is 0 Å². The summed E-state index contributed by atoms with van der Waals surface area (Å²) in [7, 11) is 4.95. The zero-order valence-corrected chi connectivity index (χ0v) is 20.2. The van der Waals surface area contributed by atoms with E-state index in [1.165, 1.54) is 5.69 Å². The van der Waals surface area contributed by atoms with Crippen molar-refractivity contribution in [1.29, 1.82) is 0 Å². The van der Waals surface area contributed by atoms with Crippen molar-refractivity contribution in [3.8, 4) is 28.6 Å². The maximum atomic E-state index is 6.39. The Morgan fingerprint density at radius 1 is 0.771 bits per heavy atom. The van der Waals surface area contributed by atoms with Gasteiger partial charge in [0.25, 0.3) is 0 Å². The lowest BCUT2D eigenvalue weighted by atomic mass is 10.0. The van der Waals surface area contributed by atoms with Crippen LogP contribution in [0.5, 0.6) is 17.2 Å². The fraction of sp³-hybridized carbons (Fsp3) is 0.241. The van der Waals surface area contributed by atoms with E-state index in [1.807, 2.05) is 42.5 Å². The Balaban J connectivity index is 1.60. The maximum Gasteiger partial charge on any atom is 0.161 e. The van der Waals surface area contributed by atoms with Gasteiger partial charge in [-0.15, -0.1) is 0 Å². The molecule has 0 amide bonds. The van der Waals surface area contributed by atoms with Gasteiger partial charge in [-0.25, -0.2) is 0 Å². The summed E-state index contributed by atoms with van der Waals surface area (Å²) in [5.74, 6) is 3.02. The molecule has 0 spiro atoms. The normalized spacial score (nSPS) is 14.0. The van der Waals surface area contributed by atoms with E-state index in [1.54, 1.807) is 21.3 Å². The molecule has 3 aromatic carbocycles. The zero-order chi connectivity index (χ0) is 24.2. The Morgan fingerprint density at radius 3 is 2.26 bits per heavy atom. The Bertz CT molecular complexity index is 1330. The third kappa shape index (κ3) is 4.70. The molecule has 0 unspecified atom stereocenters. The summed E-state index contributed by atoms with van der Waals surface area (Å²) in [6, 6.07) is 20.2. The Hall–Kier alpha value is -3.90. The van der Waals surface area contributed by atoms with Gasteiger partial charge in [-0.2, -0.15) is 0 Å². The van der Waals surface area contributed by atoms with E-state index in [-0.39, 0.29) is 0 Å². The van der Waals surface area contributed by atoms with Crippen LogP contribution in [0.2, 0.25) is 0 Å². The summed E-state index contributed by atoms with van der Waals surface area (Å²) in [5, 5.41) is 1.07. The van der Waals surface area contributed by atoms with Crippen LogP contribution in [0, 0.1) is 0 Å². The van der Waals surface area contributed by atoms with Crippen LogP contribution in [0.4, 0.5) is 5.69 Å². The molecule has 180 valence electrons. The van der Waals surface area contributed by atoms with Gasteiger partial charge in [0, 0.05) is 35.3 Å². The molecule has 6 heteroatoms. The average Bonchev–Trinajstić information content (AvgIpc) is 3.29. The van der Waals surface area contributed by atoms with Gasteiger partial charge in [0.1, 0.15) is 17.1 Å². The third-order valence-electron chi connectivity index (χ3n) is 6.29. The molecule has 4 aromatic rings. The standard InChI is InChI=1S/C29H29NO5/c1-31-23-9-6-21(7-10-23)29-24(11-4-20-5-12-27(32-2)28(18-20)33-3)25-19-22(8-13-26(25)35-29)30-14-16-34-17-15-30/h4-13,18-19H,14-17H2,1-3H3/b11-4+. The summed E-state index contributed by atoms with van der Waals surface area (Å²) >= 11 is 0. The Kier molecular flexibility index (Phi) is 6.64. The van der Waals surface area contributed by atoms with E-state index >= 15 is 0 Å². The van der Waals surface area contributed by atoms with E-state index in [0.29, 0.717) is 11.5 Å². The molecule has 0 aliphatic carbocycles. The van der Waals surface area contributed by atoms with Crippen LogP contribution < -0.4 is 19.1 Å². The van der Waals surface area contributed by atoms with Gasteiger partial charge in [-0.1, -0.05) is 12.1 Å². The van der Waals surface area contributed by atoms with Crippen molar-refractivity contribution in [2.45, 2.75) is 0 Å².